The van der Waals surface area contributed by atoms with Crippen LogP contribution in [0.5, 0.6) is 0 Å². The maximum absolute atomic E-state index is 12.3. The van der Waals surface area contributed by atoms with E-state index < -0.39 is 28.0 Å². The fraction of sp³-hybridized carbons (Fsp3) is 0.182. The van der Waals surface area contributed by atoms with E-state index in [1.54, 1.807) is 6.07 Å². The normalized spacial score (nSPS) is 12.2. The van der Waals surface area contributed by atoms with E-state index in [1.807, 2.05) is 36.4 Å². The number of furan rings is 1. The number of ether oxygens (including phenoxy) is 1. The highest BCUT2D eigenvalue weighted by molar-refractivity contribution is 7.89. The first-order valence-corrected chi connectivity index (χ1v) is 11.0. The number of anilines is 1. The van der Waals surface area contributed by atoms with E-state index in [0.29, 0.717) is 17.9 Å². The summed E-state index contributed by atoms with van der Waals surface area (Å²) in [7, 11) is -3.90. The molecule has 0 saturated heterocycles. The van der Waals surface area contributed by atoms with Gasteiger partial charge in [0.05, 0.1) is 11.3 Å². The molecule has 162 valence electrons. The number of hydrogen-bond donors (Lipinski definition) is 2. The van der Waals surface area contributed by atoms with Crippen LogP contribution >= 0.6 is 0 Å². The molecule has 1 amide bonds. The van der Waals surface area contributed by atoms with Gasteiger partial charge in [0, 0.05) is 17.7 Å². The third kappa shape index (κ3) is 6.27. The van der Waals surface area contributed by atoms with Gasteiger partial charge in [-0.05, 0) is 37.3 Å². The summed E-state index contributed by atoms with van der Waals surface area (Å²) in [5, 5.41) is 7.58. The topological polar surface area (TPSA) is 129 Å². The lowest BCUT2D eigenvalue weighted by Gasteiger charge is -2.13. The Balaban J connectivity index is 1.50. The lowest BCUT2D eigenvalue weighted by atomic mass is 10.2. The van der Waals surface area contributed by atoms with Crippen LogP contribution in [0.4, 0.5) is 5.69 Å². The van der Waals surface area contributed by atoms with Gasteiger partial charge in [-0.25, -0.2) is 13.6 Å². The highest BCUT2D eigenvalue weighted by atomic mass is 32.2. The van der Waals surface area contributed by atoms with E-state index in [1.165, 1.54) is 31.2 Å². The molecule has 0 aliphatic carbocycles. The van der Waals surface area contributed by atoms with Crippen LogP contribution in [-0.4, -0.2) is 26.4 Å². The molecule has 0 aliphatic heterocycles. The summed E-state index contributed by atoms with van der Waals surface area (Å²) in [4.78, 5) is 24.2. The number of aryl methyl sites for hydroxylation is 1. The van der Waals surface area contributed by atoms with Crippen LogP contribution in [0.1, 0.15) is 19.1 Å². The van der Waals surface area contributed by atoms with Crippen molar-refractivity contribution in [3.63, 3.8) is 0 Å². The Hall–Kier alpha value is -3.43. The fourth-order valence-electron chi connectivity index (χ4n) is 2.80. The molecule has 2 aromatic carbocycles. The van der Waals surface area contributed by atoms with Gasteiger partial charge in [-0.15, -0.1) is 0 Å². The lowest BCUT2D eigenvalue weighted by Crippen LogP contribution is -2.30. The molecule has 9 heteroatoms. The van der Waals surface area contributed by atoms with Gasteiger partial charge in [0.25, 0.3) is 5.91 Å². The second-order valence-electron chi connectivity index (χ2n) is 6.83. The maximum atomic E-state index is 12.3. The first-order valence-electron chi connectivity index (χ1n) is 9.50. The molecule has 0 bridgehead atoms. The number of hydrogen-bond acceptors (Lipinski definition) is 6. The highest BCUT2D eigenvalue weighted by Gasteiger charge is 2.19. The SMILES string of the molecule is CC(OC(=O)CCc1ccc(-c2ccccc2)o1)C(=O)Nc1cccc(S(N)(=O)=O)c1. The summed E-state index contributed by atoms with van der Waals surface area (Å²) in [5.41, 5.74) is 1.16. The van der Waals surface area contributed by atoms with Gasteiger partial charge >= 0.3 is 5.97 Å². The minimum atomic E-state index is -3.90. The van der Waals surface area contributed by atoms with Gasteiger partial charge < -0.3 is 14.5 Å². The third-order valence-corrected chi connectivity index (χ3v) is 5.31. The third-order valence-electron chi connectivity index (χ3n) is 4.40. The van der Waals surface area contributed by atoms with Crippen LogP contribution in [0, 0.1) is 0 Å². The van der Waals surface area contributed by atoms with Crippen molar-refractivity contribution < 1.29 is 27.2 Å². The number of nitrogens with two attached hydrogens (primary N) is 1. The smallest absolute Gasteiger partial charge is 0.307 e. The number of primary sulfonamides is 1. The molecule has 0 radical (unpaired) electrons. The Bertz CT molecular complexity index is 1170. The number of sulfonamides is 1. The number of amides is 1. The summed E-state index contributed by atoms with van der Waals surface area (Å²) in [6.45, 7) is 1.43. The van der Waals surface area contributed by atoms with Crippen LogP contribution in [0.25, 0.3) is 11.3 Å². The average Bonchev–Trinajstić information content (AvgIpc) is 3.21. The molecule has 3 aromatic rings. The van der Waals surface area contributed by atoms with Crippen LogP contribution < -0.4 is 10.5 Å². The number of carbonyl (C=O) groups excluding carboxylic acids is 2. The first-order chi connectivity index (χ1) is 14.7. The minimum absolute atomic E-state index is 0.0419. The first kappa shape index (κ1) is 22.3. The fourth-order valence-corrected chi connectivity index (χ4v) is 3.36. The molecule has 1 atom stereocenters. The molecule has 1 heterocycles. The average molecular weight is 442 g/mol. The van der Waals surface area contributed by atoms with Crippen LogP contribution in [0.3, 0.4) is 0 Å². The molecule has 0 fully saturated rings. The quantitative estimate of drug-likeness (QED) is 0.516. The van der Waals surface area contributed by atoms with Crippen LogP contribution in [0.2, 0.25) is 0 Å². The molecule has 0 aliphatic rings. The van der Waals surface area contributed by atoms with E-state index in [-0.39, 0.29) is 17.0 Å². The van der Waals surface area contributed by atoms with Gasteiger partial charge in [-0.3, -0.25) is 9.59 Å². The van der Waals surface area contributed by atoms with Crippen molar-refractivity contribution >= 4 is 27.6 Å². The van der Waals surface area contributed by atoms with Gasteiger partial charge in [-0.2, -0.15) is 0 Å². The molecule has 8 nitrogen and oxygen atoms in total. The Morgan fingerprint density at radius 1 is 1.06 bits per heavy atom. The number of rotatable bonds is 8. The van der Waals surface area contributed by atoms with Crippen molar-refractivity contribution in [3.05, 3.63) is 72.5 Å². The second kappa shape index (κ2) is 9.59. The Labute approximate surface area is 180 Å². The number of esters is 1. The van der Waals surface area contributed by atoms with Crippen molar-refractivity contribution in [2.24, 2.45) is 5.14 Å². The zero-order chi connectivity index (χ0) is 22.4. The van der Waals surface area contributed by atoms with Crippen molar-refractivity contribution in [1.82, 2.24) is 0 Å². The maximum Gasteiger partial charge on any atom is 0.307 e. The second-order valence-corrected chi connectivity index (χ2v) is 8.39. The summed E-state index contributed by atoms with van der Waals surface area (Å²) < 4.78 is 33.7. The van der Waals surface area contributed by atoms with Gasteiger partial charge in [0.1, 0.15) is 11.5 Å². The molecule has 31 heavy (non-hydrogen) atoms. The Morgan fingerprint density at radius 3 is 2.52 bits per heavy atom. The van der Waals surface area contributed by atoms with Crippen molar-refractivity contribution in [3.8, 4) is 11.3 Å². The van der Waals surface area contributed by atoms with Crippen molar-refractivity contribution in [2.75, 3.05) is 5.32 Å². The minimum Gasteiger partial charge on any atom is -0.461 e. The predicted octanol–water partition coefficient (Wildman–Crippen LogP) is 3.10. The zero-order valence-corrected chi connectivity index (χ0v) is 17.6. The highest BCUT2D eigenvalue weighted by Crippen LogP contribution is 2.22. The number of benzene rings is 2. The van der Waals surface area contributed by atoms with Crippen molar-refractivity contribution in [1.29, 1.82) is 0 Å². The van der Waals surface area contributed by atoms with E-state index in [2.05, 4.69) is 5.32 Å². The predicted molar refractivity (Wildman–Crippen MR) is 114 cm³/mol. The lowest BCUT2D eigenvalue weighted by molar-refractivity contribution is -0.153. The molecule has 3 N–H and O–H groups in total. The van der Waals surface area contributed by atoms with E-state index in [9.17, 15) is 18.0 Å². The molecular weight excluding hydrogens is 420 g/mol. The molecular formula is C22H22N2O6S. The Kier molecular flexibility index (Phi) is 6.88. The summed E-state index contributed by atoms with van der Waals surface area (Å²) in [6, 6.07) is 18.7. The van der Waals surface area contributed by atoms with Gasteiger partial charge in [-0.1, -0.05) is 36.4 Å². The van der Waals surface area contributed by atoms with Gasteiger partial charge in [0.2, 0.25) is 10.0 Å². The van der Waals surface area contributed by atoms with E-state index in [0.717, 1.165) is 5.56 Å². The molecule has 3 rings (SSSR count). The van der Waals surface area contributed by atoms with Crippen LogP contribution in [0.15, 0.2) is 76.0 Å². The van der Waals surface area contributed by atoms with E-state index in [4.69, 9.17) is 14.3 Å². The molecule has 0 spiro atoms. The van der Waals surface area contributed by atoms with Crippen LogP contribution in [-0.2, 0) is 30.8 Å². The molecule has 1 aromatic heterocycles. The van der Waals surface area contributed by atoms with E-state index >= 15 is 0 Å². The number of carbonyl (C=O) groups is 2. The molecule has 1 unspecified atom stereocenters. The summed E-state index contributed by atoms with van der Waals surface area (Å²) in [6.07, 6.45) is -0.696. The van der Waals surface area contributed by atoms with Crippen molar-refractivity contribution in [2.45, 2.75) is 30.8 Å². The summed E-state index contributed by atoms with van der Waals surface area (Å²) >= 11 is 0. The largest absolute Gasteiger partial charge is 0.461 e. The summed E-state index contributed by atoms with van der Waals surface area (Å²) in [5.74, 6) is 0.189. The Morgan fingerprint density at radius 2 is 1.81 bits per heavy atom. The zero-order valence-electron chi connectivity index (χ0n) is 16.8. The molecule has 0 saturated carbocycles. The standard InChI is InChI=1S/C22H22N2O6S/c1-15(22(26)24-17-8-5-9-19(14-17)31(23,27)28)29-21(25)13-11-18-10-12-20(30-18)16-6-3-2-4-7-16/h2-10,12,14-15H,11,13H2,1H3,(H,24,26)(H2,23,27,28). The number of nitrogens with one attached hydrogen (secondary N) is 1. The monoisotopic (exact) mass is 442 g/mol. The van der Waals surface area contributed by atoms with Gasteiger partial charge in [0.15, 0.2) is 6.10 Å².